The van der Waals surface area contributed by atoms with Gasteiger partial charge in [-0.05, 0) is 24.3 Å². The standard InChI is InChI=1S/C12H6ClN3O2/c13-12-9(7-14)3-6-11(15-12)8-1-4-10(5-2-8)16(17)18/h1-6H. The zero-order chi connectivity index (χ0) is 13.1. The Bertz CT molecular complexity index is 647. The zero-order valence-corrected chi connectivity index (χ0v) is 9.76. The molecule has 0 saturated carbocycles. The molecule has 1 aromatic carbocycles. The number of non-ortho nitro benzene ring substituents is 1. The Morgan fingerprint density at radius 2 is 1.89 bits per heavy atom. The number of benzene rings is 1. The van der Waals surface area contributed by atoms with Crippen LogP contribution in [-0.2, 0) is 0 Å². The number of hydrogen-bond acceptors (Lipinski definition) is 4. The van der Waals surface area contributed by atoms with E-state index in [1.807, 2.05) is 6.07 Å². The molecule has 2 aromatic rings. The van der Waals surface area contributed by atoms with Crippen molar-refractivity contribution in [1.82, 2.24) is 4.98 Å². The topological polar surface area (TPSA) is 79.8 Å². The molecule has 2 rings (SSSR count). The fraction of sp³-hybridized carbons (Fsp3) is 0. The lowest BCUT2D eigenvalue weighted by molar-refractivity contribution is -0.384. The fourth-order valence-corrected chi connectivity index (χ4v) is 1.63. The minimum absolute atomic E-state index is 0.0125. The van der Waals surface area contributed by atoms with Gasteiger partial charge in [-0.1, -0.05) is 11.6 Å². The fourth-order valence-electron chi connectivity index (χ4n) is 1.43. The Hall–Kier alpha value is -2.45. The molecule has 0 saturated heterocycles. The van der Waals surface area contributed by atoms with E-state index in [4.69, 9.17) is 16.9 Å². The average Bonchev–Trinajstić information content (AvgIpc) is 2.38. The smallest absolute Gasteiger partial charge is 0.258 e. The maximum absolute atomic E-state index is 10.5. The molecule has 0 N–H and O–H groups in total. The highest BCUT2D eigenvalue weighted by Crippen LogP contribution is 2.23. The molecule has 0 radical (unpaired) electrons. The van der Waals surface area contributed by atoms with Gasteiger partial charge in [0.2, 0.25) is 0 Å². The van der Waals surface area contributed by atoms with Gasteiger partial charge < -0.3 is 0 Å². The van der Waals surface area contributed by atoms with Crippen LogP contribution in [0, 0.1) is 21.4 Å². The van der Waals surface area contributed by atoms with Gasteiger partial charge in [-0.15, -0.1) is 0 Å². The molecule has 0 spiro atoms. The van der Waals surface area contributed by atoms with Crippen LogP contribution in [-0.4, -0.2) is 9.91 Å². The third kappa shape index (κ3) is 2.29. The Balaban J connectivity index is 2.40. The predicted molar refractivity (Wildman–Crippen MR) is 66.1 cm³/mol. The summed E-state index contributed by atoms with van der Waals surface area (Å²) < 4.78 is 0. The number of nitro benzene ring substituents is 1. The van der Waals surface area contributed by atoms with Crippen molar-refractivity contribution >= 4 is 17.3 Å². The third-order valence-electron chi connectivity index (χ3n) is 2.34. The number of nitro groups is 1. The first-order valence-electron chi connectivity index (χ1n) is 4.93. The van der Waals surface area contributed by atoms with E-state index in [0.717, 1.165) is 0 Å². The number of nitrogens with zero attached hydrogens (tertiary/aromatic N) is 3. The Morgan fingerprint density at radius 1 is 1.22 bits per heavy atom. The minimum atomic E-state index is -0.469. The van der Waals surface area contributed by atoms with Crippen LogP contribution in [0.1, 0.15) is 5.56 Å². The van der Waals surface area contributed by atoms with Crippen LogP contribution in [0.15, 0.2) is 36.4 Å². The van der Waals surface area contributed by atoms with Gasteiger partial charge in [0, 0.05) is 17.7 Å². The first-order chi connectivity index (χ1) is 8.61. The van der Waals surface area contributed by atoms with Gasteiger partial charge in [-0.25, -0.2) is 4.98 Å². The summed E-state index contributed by atoms with van der Waals surface area (Å²) in [6, 6.07) is 11.1. The van der Waals surface area contributed by atoms with Gasteiger partial charge in [0.25, 0.3) is 5.69 Å². The van der Waals surface area contributed by atoms with E-state index in [9.17, 15) is 10.1 Å². The van der Waals surface area contributed by atoms with Crippen molar-refractivity contribution in [2.24, 2.45) is 0 Å². The molecule has 0 aliphatic carbocycles. The summed E-state index contributed by atoms with van der Waals surface area (Å²) in [4.78, 5) is 14.1. The molecule has 0 unspecified atom stereocenters. The Morgan fingerprint density at radius 3 is 2.39 bits per heavy atom. The van der Waals surface area contributed by atoms with Crippen molar-refractivity contribution in [3.8, 4) is 17.3 Å². The van der Waals surface area contributed by atoms with Gasteiger partial charge in [-0.3, -0.25) is 10.1 Å². The van der Waals surface area contributed by atoms with Crippen molar-refractivity contribution in [3.05, 3.63) is 57.2 Å². The highest BCUT2D eigenvalue weighted by molar-refractivity contribution is 6.30. The lowest BCUT2D eigenvalue weighted by Gasteiger charge is -2.02. The summed E-state index contributed by atoms with van der Waals surface area (Å²) in [5.74, 6) is 0. The quantitative estimate of drug-likeness (QED) is 0.471. The van der Waals surface area contributed by atoms with Crippen LogP contribution in [0.4, 0.5) is 5.69 Å². The first-order valence-corrected chi connectivity index (χ1v) is 5.31. The second-order valence-corrected chi connectivity index (χ2v) is 3.81. The van der Waals surface area contributed by atoms with Crippen LogP contribution >= 0.6 is 11.6 Å². The summed E-state index contributed by atoms with van der Waals surface area (Å²) in [7, 11) is 0. The molecule has 0 fully saturated rings. The van der Waals surface area contributed by atoms with Crippen LogP contribution < -0.4 is 0 Å². The van der Waals surface area contributed by atoms with Crippen LogP contribution in [0.2, 0.25) is 5.15 Å². The van der Waals surface area contributed by atoms with E-state index >= 15 is 0 Å². The zero-order valence-electron chi connectivity index (χ0n) is 9.00. The van der Waals surface area contributed by atoms with Crippen molar-refractivity contribution in [1.29, 1.82) is 5.26 Å². The van der Waals surface area contributed by atoms with E-state index < -0.39 is 4.92 Å². The lowest BCUT2D eigenvalue weighted by Crippen LogP contribution is -1.89. The molecule has 1 heterocycles. The number of rotatable bonds is 2. The molecule has 0 aliphatic heterocycles. The Kier molecular flexibility index (Phi) is 3.22. The number of nitriles is 1. The number of halogens is 1. The van der Waals surface area contributed by atoms with Gasteiger partial charge in [0.05, 0.1) is 16.2 Å². The molecule has 5 nitrogen and oxygen atoms in total. The third-order valence-corrected chi connectivity index (χ3v) is 2.63. The van der Waals surface area contributed by atoms with E-state index in [-0.39, 0.29) is 10.8 Å². The largest absolute Gasteiger partial charge is 0.269 e. The van der Waals surface area contributed by atoms with Crippen molar-refractivity contribution < 1.29 is 4.92 Å². The molecule has 6 heteroatoms. The maximum atomic E-state index is 10.5. The van der Waals surface area contributed by atoms with E-state index in [1.165, 1.54) is 12.1 Å². The van der Waals surface area contributed by atoms with Crippen molar-refractivity contribution in [2.75, 3.05) is 0 Å². The van der Waals surface area contributed by atoms with Gasteiger partial charge in [-0.2, -0.15) is 5.26 Å². The monoisotopic (exact) mass is 259 g/mol. The number of pyridine rings is 1. The summed E-state index contributed by atoms with van der Waals surface area (Å²) in [6.45, 7) is 0. The molecular weight excluding hydrogens is 254 g/mol. The summed E-state index contributed by atoms with van der Waals surface area (Å²) in [5, 5.41) is 19.4. The van der Waals surface area contributed by atoms with Gasteiger partial charge in [0.1, 0.15) is 11.2 Å². The number of aromatic nitrogens is 1. The normalized spacial score (nSPS) is 9.78. The summed E-state index contributed by atoms with van der Waals surface area (Å²) >= 11 is 5.82. The molecule has 0 aliphatic rings. The summed E-state index contributed by atoms with van der Waals surface area (Å²) in [6.07, 6.45) is 0. The maximum Gasteiger partial charge on any atom is 0.269 e. The van der Waals surface area contributed by atoms with E-state index in [2.05, 4.69) is 4.98 Å². The average molecular weight is 260 g/mol. The number of hydrogen-bond donors (Lipinski definition) is 0. The van der Waals surface area contributed by atoms with Crippen molar-refractivity contribution in [2.45, 2.75) is 0 Å². The highest BCUT2D eigenvalue weighted by Gasteiger charge is 2.08. The predicted octanol–water partition coefficient (Wildman–Crippen LogP) is 3.18. The Labute approximate surface area is 107 Å². The van der Waals surface area contributed by atoms with Crippen molar-refractivity contribution in [3.63, 3.8) is 0 Å². The molecule has 1 aromatic heterocycles. The molecule has 0 amide bonds. The molecule has 0 bridgehead atoms. The van der Waals surface area contributed by atoms with Crippen LogP contribution in [0.25, 0.3) is 11.3 Å². The molecule has 0 atom stereocenters. The van der Waals surface area contributed by atoms with Crippen LogP contribution in [0.5, 0.6) is 0 Å². The SMILES string of the molecule is N#Cc1ccc(-c2ccc([N+](=O)[O-])cc2)nc1Cl. The van der Waals surface area contributed by atoms with E-state index in [0.29, 0.717) is 16.8 Å². The summed E-state index contributed by atoms with van der Waals surface area (Å²) in [5.41, 5.74) is 1.57. The highest BCUT2D eigenvalue weighted by atomic mass is 35.5. The van der Waals surface area contributed by atoms with Gasteiger partial charge in [0.15, 0.2) is 0 Å². The van der Waals surface area contributed by atoms with Gasteiger partial charge >= 0.3 is 0 Å². The van der Waals surface area contributed by atoms with E-state index in [1.54, 1.807) is 24.3 Å². The lowest BCUT2D eigenvalue weighted by atomic mass is 10.1. The molecule has 88 valence electrons. The van der Waals surface area contributed by atoms with Crippen LogP contribution in [0.3, 0.4) is 0 Å². The second-order valence-electron chi connectivity index (χ2n) is 3.45. The molecule has 18 heavy (non-hydrogen) atoms. The first kappa shape index (κ1) is 12.0. The second kappa shape index (κ2) is 4.82. The minimum Gasteiger partial charge on any atom is -0.258 e. The molecular formula is C12H6ClN3O2.